The van der Waals surface area contributed by atoms with Gasteiger partial charge in [-0.25, -0.2) is 17.9 Å². The van der Waals surface area contributed by atoms with E-state index in [2.05, 4.69) is 4.72 Å². The van der Waals surface area contributed by atoms with Gasteiger partial charge in [-0.2, -0.15) is 0 Å². The number of para-hydroxylation sites is 1. The molecule has 1 N–H and O–H groups in total. The van der Waals surface area contributed by atoms with Crippen LogP contribution in [-0.4, -0.2) is 39.0 Å². The summed E-state index contributed by atoms with van der Waals surface area (Å²) in [6.07, 6.45) is 1.09. The molecule has 6 nitrogen and oxygen atoms in total. The number of carbonyl (C=O) groups excluding carboxylic acids is 1. The van der Waals surface area contributed by atoms with E-state index in [4.69, 9.17) is 4.74 Å². The van der Waals surface area contributed by atoms with Gasteiger partial charge in [0.1, 0.15) is 5.75 Å². The van der Waals surface area contributed by atoms with E-state index in [-0.39, 0.29) is 16.9 Å². The summed E-state index contributed by atoms with van der Waals surface area (Å²) in [4.78, 5) is 14.2. The number of carbonyl (C=O) groups is 1. The molecule has 4 rings (SSSR count). The minimum Gasteiger partial charge on any atom is -0.410 e. The summed E-state index contributed by atoms with van der Waals surface area (Å²) in [6.45, 7) is 1.46. The summed E-state index contributed by atoms with van der Waals surface area (Å²) in [5.41, 5.74) is 0. The highest BCUT2D eigenvalue weighted by Gasteiger charge is 2.25. The van der Waals surface area contributed by atoms with E-state index < -0.39 is 10.0 Å². The molecular formula is C23H24N2O4S. The fourth-order valence-electron chi connectivity index (χ4n) is 3.62. The molecule has 0 aromatic heterocycles. The Bertz CT molecular complexity index is 1120. The van der Waals surface area contributed by atoms with Crippen molar-refractivity contribution in [3.63, 3.8) is 0 Å². The third-order valence-corrected chi connectivity index (χ3v) is 6.84. The Hall–Kier alpha value is -2.90. The van der Waals surface area contributed by atoms with Crippen LogP contribution >= 0.6 is 0 Å². The van der Waals surface area contributed by atoms with Crippen LogP contribution in [0, 0.1) is 5.92 Å². The summed E-state index contributed by atoms with van der Waals surface area (Å²) >= 11 is 0. The molecule has 1 saturated heterocycles. The summed E-state index contributed by atoms with van der Waals surface area (Å²) in [7, 11) is -3.58. The zero-order valence-corrected chi connectivity index (χ0v) is 17.3. The first-order chi connectivity index (χ1) is 14.5. The van der Waals surface area contributed by atoms with Crippen LogP contribution in [0.25, 0.3) is 10.8 Å². The molecule has 3 aromatic rings. The quantitative estimate of drug-likeness (QED) is 0.671. The Labute approximate surface area is 176 Å². The van der Waals surface area contributed by atoms with Crippen molar-refractivity contribution in [2.75, 3.05) is 19.6 Å². The molecule has 0 unspecified atom stereocenters. The van der Waals surface area contributed by atoms with Crippen molar-refractivity contribution in [1.82, 2.24) is 9.62 Å². The van der Waals surface area contributed by atoms with Crippen LogP contribution < -0.4 is 9.46 Å². The lowest BCUT2D eigenvalue weighted by Crippen LogP contribution is -2.42. The maximum absolute atomic E-state index is 12.7. The van der Waals surface area contributed by atoms with Crippen LogP contribution in [0.2, 0.25) is 0 Å². The highest BCUT2D eigenvalue weighted by molar-refractivity contribution is 7.89. The van der Waals surface area contributed by atoms with E-state index in [0.717, 1.165) is 23.6 Å². The number of nitrogens with zero attached hydrogens (tertiary/aromatic N) is 1. The summed E-state index contributed by atoms with van der Waals surface area (Å²) < 4.78 is 33.5. The molecule has 0 radical (unpaired) electrons. The second kappa shape index (κ2) is 8.85. The van der Waals surface area contributed by atoms with E-state index in [9.17, 15) is 13.2 Å². The normalized spacial score (nSPS) is 15.3. The lowest BCUT2D eigenvalue weighted by Gasteiger charge is -2.31. The molecule has 0 saturated carbocycles. The molecule has 0 atom stereocenters. The number of piperidine rings is 1. The van der Waals surface area contributed by atoms with Crippen LogP contribution in [0.3, 0.4) is 0 Å². The highest BCUT2D eigenvalue weighted by Crippen LogP contribution is 2.21. The zero-order chi connectivity index (χ0) is 21.0. The maximum atomic E-state index is 12.7. The highest BCUT2D eigenvalue weighted by atomic mass is 32.2. The molecule has 156 valence electrons. The molecule has 1 heterocycles. The second-order valence-electron chi connectivity index (χ2n) is 7.47. The van der Waals surface area contributed by atoms with Gasteiger partial charge in [-0.3, -0.25) is 0 Å². The monoisotopic (exact) mass is 424 g/mol. The van der Waals surface area contributed by atoms with Crippen molar-refractivity contribution in [2.24, 2.45) is 5.92 Å². The van der Waals surface area contributed by atoms with Gasteiger partial charge in [0.25, 0.3) is 0 Å². The predicted octanol–water partition coefficient (Wildman–Crippen LogP) is 4.03. The second-order valence-corrected chi connectivity index (χ2v) is 9.24. The molecule has 0 aliphatic carbocycles. The Balaban J connectivity index is 1.30. The lowest BCUT2D eigenvalue weighted by atomic mass is 9.97. The van der Waals surface area contributed by atoms with Crippen molar-refractivity contribution < 1.29 is 17.9 Å². The predicted molar refractivity (Wildman–Crippen MR) is 116 cm³/mol. The fraction of sp³-hybridized carbons (Fsp3) is 0.261. The molecule has 1 amide bonds. The summed E-state index contributed by atoms with van der Waals surface area (Å²) in [5, 5.41) is 1.90. The van der Waals surface area contributed by atoms with E-state index in [1.165, 1.54) is 0 Å². The van der Waals surface area contributed by atoms with Gasteiger partial charge in [-0.05, 0) is 53.8 Å². The first-order valence-electron chi connectivity index (χ1n) is 10.0. The molecule has 3 aromatic carbocycles. The third kappa shape index (κ3) is 4.80. The molecule has 30 heavy (non-hydrogen) atoms. The van der Waals surface area contributed by atoms with Crippen LogP contribution in [0.4, 0.5) is 4.79 Å². The average Bonchev–Trinajstić information content (AvgIpc) is 2.78. The van der Waals surface area contributed by atoms with Gasteiger partial charge in [-0.1, -0.05) is 48.5 Å². The number of hydrogen-bond acceptors (Lipinski definition) is 4. The Kier molecular flexibility index (Phi) is 6.01. The lowest BCUT2D eigenvalue weighted by molar-refractivity contribution is 0.131. The smallest absolute Gasteiger partial charge is 0.410 e. The van der Waals surface area contributed by atoms with Crippen molar-refractivity contribution >= 4 is 26.9 Å². The molecule has 0 spiro atoms. The molecule has 1 aliphatic heterocycles. The van der Waals surface area contributed by atoms with Crippen LogP contribution in [0.1, 0.15) is 12.8 Å². The molecule has 0 bridgehead atoms. The number of nitrogens with one attached hydrogen (secondary N) is 1. The molecular weight excluding hydrogens is 400 g/mol. The molecule has 1 aliphatic rings. The SMILES string of the molecule is O=C(Oc1ccccc1)N1CCC(CNS(=O)(=O)c2ccc3ccccc3c2)CC1. The van der Waals surface area contributed by atoms with Crippen molar-refractivity contribution in [3.05, 3.63) is 72.8 Å². The van der Waals surface area contributed by atoms with E-state index >= 15 is 0 Å². The standard InChI is InChI=1S/C23H24N2O4S/c26-23(29-21-8-2-1-3-9-21)25-14-12-18(13-15-25)17-24-30(27,28)22-11-10-19-6-4-5-7-20(19)16-22/h1-11,16,18,24H,12-15,17H2. The van der Waals surface area contributed by atoms with E-state index in [1.807, 2.05) is 48.5 Å². The van der Waals surface area contributed by atoms with Gasteiger partial charge in [0.15, 0.2) is 0 Å². The van der Waals surface area contributed by atoms with Crippen molar-refractivity contribution in [3.8, 4) is 5.75 Å². The number of ether oxygens (including phenoxy) is 1. The van der Waals surface area contributed by atoms with Gasteiger partial charge in [0, 0.05) is 19.6 Å². The minimum absolute atomic E-state index is 0.181. The van der Waals surface area contributed by atoms with Crippen molar-refractivity contribution in [1.29, 1.82) is 0 Å². The number of amides is 1. The number of benzene rings is 3. The van der Waals surface area contributed by atoms with Crippen LogP contribution in [0.5, 0.6) is 5.75 Å². The topological polar surface area (TPSA) is 75.7 Å². The number of likely N-dealkylation sites (tertiary alicyclic amines) is 1. The van der Waals surface area contributed by atoms with E-state index in [1.54, 1.807) is 29.2 Å². The summed E-state index contributed by atoms with van der Waals surface area (Å²) in [5.74, 6) is 0.703. The average molecular weight is 425 g/mol. The van der Waals surface area contributed by atoms with Gasteiger partial charge < -0.3 is 9.64 Å². The van der Waals surface area contributed by atoms with Gasteiger partial charge >= 0.3 is 6.09 Å². The third-order valence-electron chi connectivity index (χ3n) is 5.41. The Morgan fingerprint density at radius 3 is 2.33 bits per heavy atom. The first kappa shape index (κ1) is 20.4. The van der Waals surface area contributed by atoms with Crippen LogP contribution in [0.15, 0.2) is 77.7 Å². The Morgan fingerprint density at radius 2 is 1.60 bits per heavy atom. The Morgan fingerprint density at radius 1 is 0.933 bits per heavy atom. The molecule has 1 fully saturated rings. The molecule has 7 heteroatoms. The minimum atomic E-state index is -3.58. The first-order valence-corrected chi connectivity index (χ1v) is 11.5. The van der Waals surface area contributed by atoms with Gasteiger partial charge in [0.05, 0.1) is 4.90 Å². The zero-order valence-electron chi connectivity index (χ0n) is 16.5. The number of sulfonamides is 1. The van der Waals surface area contributed by atoms with Crippen molar-refractivity contribution in [2.45, 2.75) is 17.7 Å². The number of hydrogen-bond donors (Lipinski definition) is 1. The maximum Gasteiger partial charge on any atom is 0.415 e. The number of rotatable bonds is 5. The summed E-state index contributed by atoms with van der Waals surface area (Å²) in [6, 6.07) is 21.8. The fourth-order valence-corrected chi connectivity index (χ4v) is 4.77. The van der Waals surface area contributed by atoms with Crippen LogP contribution in [-0.2, 0) is 10.0 Å². The number of fused-ring (bicyclic) bond motifs is 1. The van der Waals surface area contributed by atoms with Gasteiger partial charge in [0.2, 0.25) is 10.0 Å². The largest absolute Gasteiger partial charge is 0.415 e. The van der Waals surface area contributed by atoms with E-state index in [0.29, 0.717) is 25.4 Å². The van der Waals surface area contributed by atoms with Gasteiger partial charge in [-0.15, -0.1) is 0 Å².